The van der Waals surface area contributed by atoms with Gasteiger partial charge in [0.25, 0.3) is 0 Å². The number of hydrogen-bond donors (Lipinski definition) is 1. The summed E-state index contributed by atoms with van der Waals surface area (Å²) in [7, 11) is 0. The Morgan fingerprint density at radius 3 is 2.47 bits per heavy atom. The summed E-state index contributed by atoms with van der Waals surface area (Å²) in [6.07, 6.45) is 2.94. The highest BCUT2D eigenvalue weighted by Gasteiger charge is 2.64. The number of ketones is 1. The van der Waals surface area contributed by atoms with Crippen LogP contribution in [0.3, 0.4) is 0 Å². The maximum atomic E-state index is 12.1. The van der Waals surface area contributed by atoms with Gasteiger partial charge in [-0.2, -0.15) is 0 Å². The molecular formula is C12H16O3. The number of carboxylic acid groups (broad SMARTS) is 1. The van der Waals surface area contributed by atoms with Crippen LogP contribution in [0.2, 0.25) is 0 Å². The van der Waals surface area contributed by atoms with Gasteiger partial charge in [-0.3, -0.25) is 4.79 Å². The standard InChI is InChI=1S/C12H16O3/c1-11(2)8-4-5-12(11,3)10(15)7(8)6-9(13)14/h6,8H,4-5H2,1-3H3,(H,13,14)/t8-,12+/m0/s1. The predicted molar refractivity (Wildman–Crippen MR) is 55.3 cm³/mol. The van der Waals surface area contributed by atoms with E-state index < -0.39 is 5.97 Å². The number of Topliss-reactive ketones (excluding diaryl/α,β-unsaturated/α-hetero) is 1. The summed E-state index contributed by atoms with van der Waals surface area (Å²) < 4.78 is 0. The fourth-order valence-corrected chi connectivity index (χ4v) is 3.23. The Bertz CT molecular complexity index is 378. The van der Waals surface area contributed by atoms with Crippen molar-refractivity contribution in [3.8, 4) is 0 Å². The average molecular weight is 208 g/mol. The molecule has 0 radical (unpaired) electrons. The van der Waals surface area contributed by atoms with Crippen molar-refractivity contribution < 1.29 is 14.7 Å². The molecule has 2 fully saturated rings. The summed E-state index contributed by atoms with van der Waals surface area (Å²) in [4.78, 5) is 22.8. The monoisotopic (exact) mass is 208 g/mol. The number of carbonyl (C=O) groups excluding carboxylic acids is 1. The molecule has 2 saturated carbocycles. The average Bonchev–Trinajstić information content (AvgIpc) is 2.40. The Balaban J connectivity index is 2.52. The van der Waals surface area contributed by atoms with Crippen LogP contribution in [0.1, 0.15) is 33.6 Å². The van der Waals surface area contributed by atoms with Crippen LogP contribution in [0.4, 0.5) is 0 Å². The Labute approximate surface area is 89.2 Å². The zero-order valence-electron chi connectivity index (χ0n) is 9.33. The highest BCUT2D eigenvalue weighted by Crippen LogP contribution is 2.65. The van der Waals surface area contributed by atoms with Crippen molar-refractivity contribution in [3.05, 3.63) is 11.6 Å². The van der Waals surface area contributed by atoms with E-state index in [1.54, 1.807) is 0 Å². The molecule has 2 rings (SSSR count). The van der Waals surface area contributed by atoms with Crippen molar-refractivity contribution in [3.63, 3.8) is 0 Å². The van der Waals surface area contributed by atoms with E-state index in [-0.39, 0.29) is 22.5 Å². The van der Waals surface area contributed by atoms with Crippen molar-refractivity contribution in [1.82, 2.24) is 0 Å². The van der Waals surface area contributed by atoms with E-state index >= 15 is 0 Å². The van der Waals surface area contributed by atoms with Gasteiger partial charge in [0.2, 0.25) is 0 Å². The van der Waals surface area contributed by atoms with E-state index in [9.17, 15) is 9.59 Å². The molecule has 3 heteroatoms. The van der Waals surface area contributed by atoms with Crippen LogP contribution in [0.25, 0.3) is 0 Å². The lowest BCUT2D eigenvalue weighted by atomic mass is 9.70. The molecule has 0 heterocycles. The molecule has 2 aliphatic carbocycles. The lowest BCUT2D eigenvalue weighted by molar-refractivity contribution is -0.132. The lowest BCUT2D eigenvalue weighted by Gasteiger charge is -2.31. The third-order valence-corrected chi connectivity index (χ3v) is 4.64. The summed E-state index contributed by atoms with van der Waals surface area (Å²) in [6.45, 7) is 6.12. The highest BCUT2D eigenvalue weighted by molar-refractivity contribution is 6.07. The van der Waals surface area contributed by atoms with Gasteiger partial charge < -0.3 is 5.11 Å². The van der Waals surface area contributed by atoms with Crippen molar-refractivity contribution in [2.45, 2.75) is 33.6 Å². The van der Waals surface area contributed by atoms with Gasteiger partial charge in [0.1, 0.15) is 0 Å². The molecule has 0 aliphatic heterocycles. The van der Waals surface area contributed by atoms with Crippen molar-refractivity contribution >= 4 is 11.8 Å². The minimum absolute atomic E-state index is 0.0474. The first-order valence-corrected chi connectivity index (χ1v) is 5.30. The molecule has 0 aromatic heterocycles. The highest BCUT2D eigenvalue weighted by atomic mass is 16.4. The van der Waals surface area contributed by atoms with Gasteiger partial charge in [-0.15, -0.1) is 0 Å². The third kappa shape index (κ3) is 1.06. The van der Waals surface area contributed by atoms with Gasteiger partial charge in [0.15, 0.2) is 5.78 Å². The van der Waals surface area contributed by atoms with Crippen LogP contribution >= 0.6 is 0 Å². The molecule has 0 spiro atoms. The van der Waals surface area contributed by atoms with E-state index in [4.69, 9.17) is 5.11 Å². The summed E-state index contributed by atoms with van der Waals surface area (Å²) in [5.74, 6) is -0.831. The SMILES string of the molecule is CC1(C)[C@H]2CC[C@]1(C)C(=O)C2=CC(=O)O. The number of carboxylic acids is 1. The minimum atomic E-state index is -1.01. The zero-order chi connectivity index (χ0) is 11.4. The first-order chi connectivity index (χ1) is 6.80. The third-order valence-electron chi connectivity index (χ3n) is 4.64. The summed E-state index contributed by atoms with van der Waals surface area (Å²) in [5, 5.41) is 8.75. The molecule has 0 unspecified atom stereocenters. The number of hydrogen-bond acceptors (Lipinski definition) is 2. The Hall–Kier alpha value is -1.12. The van der Waals surface area contributed by atoms with Gasteiger partial charge in [0.05, 0.1) is 0 Å². The number of rotatable bonds is 1. The van der Waals surface area contributed by atoms with E-state index in [2.05, 4.69) is 13.8 Å². The summed E-state index contributed by atoms with van der Waals surface area (Å²) >= 11 is 0. The molecule has 0 aromatic rings. The van der Waals surface area contributed by atoms with E-state index in [0.717, 1.165) is 18.9 Å². The van der Waals surface area contributed by atoms with E-state index in [0.29, 0.717) is 5.57 Å². The second-order valence-corrected chi connectivity index (χ2v) is 5.41. The maximum Gasteiger partial charge on any atom is 0.328 e. The molecule has 2 bridgehead atoms. The molecule has 0 saturated heterocycles. The number of carbonyl (C=O) groups is 2. The molecule has 2 aliphatic rings. The number of allylic oxidation sites excluding steroid dienone is 1. The predicted octanol–water partition coefficient (Wildman–Crippen LogP) is 2.02. The maximum absolute atomic E-state index is 12.1. The molecule has 15 heavy (non-hydrogen) atoms. The Kier molecular flexibility index (Phi) is 1.88. The smallest absolute Gasteiger partial charge is 0.328 e. The lowest BCUT2D eigenvalue weighted by Crippen LogP contribution is -2.32. The fourth-order valence-electron chi connectivity index (χ4n) is 3.23. The topological polar surface area (TPSA) is 54.4 Å². The second kappa shape index (κ2) is 2.71. The van der Waals surface area contributed by atoms with Crippen LogP contribution in [0.15, 0.2) is 11.6 Å². The van der Waals surface area contributed by atoms with Crippen LogP contribution in [-0.4, -0.2) is 16.9 Å². The van der Waals surface area contributed by atoms with Gasteiger partial charge in [-0.25, -0.2) is 4.79 Å². The molecule has 3 nitrogen and oxygen atoms in total. The van der Waals surface area contributed by atoms with Crippen molar-refractivity contribution in [2.24, 2.45) is 16.7 Å². The molecule has 0 aromatic carbocycles. The van der Waals surface area contributed by atoms with Gasteiger partial charge in [-0.1, -0.05) is 20.8 Å². The van der Waals surface area contributed by atoms with Crippen LogP contribution in [0, 0.1) is 16.7 Å². The first-order valence-electron chi connectivity index (χ1n) is 5.30. The quantitative estimate of drug-likeness (QED) is 0.671. The number of fused-ring (bicyclic) bond motifs is 2. The second-order valence-electron chi connectivity index (χ2n) is 5.41. The Morgan fingerprint density at radius 1 is 1.47 bits per heavy atom. The molecular weight excluding hydrogens is 192 g/mol. The first kappa shape index (κ1) is 10.4. The van der Waals surface area contributed by atoms with E-state index in [1.807, 2.05) is 6.92 Å². The summed E-state index contributed by atoms with van der Waals surface area (Å²) in [6, 6.07) is 0. The largest absolute Gasteiger partial charge is 0.478 e. The van der Waals surface area contributed by atoms with Gasteiger partial charge in [-0.05, 0) is 24.2 Å². The summed E-state index contributed by atoms with van der Waals surface area (Å²) in [5.41, 5.74) is 0.0888. The van der Waals surface area contributed by atoms with Crippen LogP contribution in [0.5, 0.6) is 0 Å². The van der Waals surface area contributed by atoms with Crippen LogP contribution < -0.4 is 0 Å². The molecule has 82 valence electrons. The molecule has 0 amide bonds. The number of aliphatic carboxylic acids is 1. The minimum Gasteiger partial charge on any atom is -0.478 e. The van der Waals surface area contributed by atoms with Crippen molar-refractivity contribution in [2.75, 3.05) is 0 Å². The van der Waals surface area contributed by atoms with E-state index in [1.165, 1.54) is 0 Å². The fraction of sp³-hybridized carbons (Fsp3) is 0.667. The van der Waals surface area contributed by atoms with Gasteiger partial charge in [0, 0.05) is 17.1 Å². The van der Waals surface area contributed by atoms with Gasteiger partial charge >= 0.3 is 5.97 Å². The van der Waals surface area contributed by atoms with Crippen LogP contribution in [-0.2, 0) is 9.59 Å². The normalized spacial score (nSPS) is 40.1. The Morgan fingerprint density at radius 2 is 2.07 bits per heavy atom. The molecule has 1 N–H and O–H groups in total. The molecule has 2 atom stereocenters. The van der Waals surface area contributed by atoms with Crippen molar-refractivity contribution in [1.29, 1.82) is 0 Å². The zero-order valence-corrected chi connectivity index (χ0v) is 9.33.